The van der Waals surface area contributed by atoms with Gasteiger partial charge in [-0.1, -0.05) is 47.8 Å². The van der Waals surface area contributed by atoms with Gasteiger partial charge in [0.05, 0.1) is 17.2 Å². The third kappa shape index (κ3) is 8.52. The maximum absolute atomic E-state index is 14.0. The van der Waals surface area contributed by atoms with E-state index in [1.807, 2.05) is 13.8 Å². The quantitative estimate of drug-likeness (QED) is 0.241. The van der Waals surface area contributed by atoms with Gasteiger partial charge in [-0.15, -0.1) is 0 Å². The molecule has 41 heavy (non-hydrogen) atoms. The minimum Gasteiger partial charge on any atom is -0.494 e. The lowest BCUT2D eigenvalue weighted by molar-refractivity contribution is -0.139. The van der Waals surface area contributed by atoms with Gasteiger partial charge in [0.2, 0.25) is 11.8 Å². The Morgan fingerprint density at radius 2 is 1.56 bits per heavy atom. The number of carbonyl (C=O) groups is 2. The molecule has 0 saturated heterocycles. The largest absolute Gasteiger partial charge is 0.494 e. The summed E-state index contributed by atoms with van der Waals surface area (Å²) in [5.74, 6) is -0.438. The fourth-order valence-electron chi connectivity index (χ4n) is 3.95. The molecule has 0 aliphatic heterocycles. The number of benzene rings is 3. The highest BCUT2D eigenvalue weighted by molar-refractivity contribution is 7.92. The lowest BCUT2D eigenvalue weighted by Gasteiger charge is -2.32. The third-order valence-corrected chi connectivity index (χ3v) is 8.82. The molecule has 0 heterocycles. The molecule has 12 heteroatoms. The summed E-state index contributed by atoms with van der Waals surface area (Å²) in [6.45, 7) is 5.56. The van der Waals surface area contributed by atoms with Crippen molar-refractivity contribution >= 4 is 62.3 Å². The first kappa shape index (κ1) is 32.5. The highest BCUT2D eigenvalue weighted by atomic mass is 35.5. The van der Waals surface area contributed by atoms with Gasteiger partial charge in [0, 0.05) is 28.2 Å². The van der Waals surface area contributed by atoms with Crippen LogP contribution in [0.4, 0.5) is 5.69 Å². The molecule has 0 fully saturated rings. The Balaban J connectivity index is 2.04. The summed E-state index contributed by atoms with van der Waals surface area (Å²) in [5, 5.41) is 3.89. The molecule has 0 aliphatic carbocycles. The number of sulfonamides is 1. The van der Waals surface area contributed by atoms with Crippen LogP contribution in [0.3, 0.4) is 0 Å². The van der Waals surface area contributed by atoms with Crippen LogP contribution in [0, 0.1) is 0 Å². The molecule has 0 aromatic heterocycles. The SMILES string of the molecule is CCCNC(=O)[C@H](C)N(Cc1ccc(Cl)cc1Cl)C(=O)CN(c1ccc(OCC)cc1)S(=O)(=O)c1ccc(Cl)cc1. The topological polar surface area (TPSA) is 96.0 Å². The van der Waals surface area contributed by atoms with Gasteiger partial charge >= 0.3 is 0 Å². The molecule has 0 spiro atoms. The number of nitrogens with one attached hydrogen (secondary N) is 1. The molecular formula is C29H32Cl3N3O5S. The highest BCUT2D eigenvalue weighted by Crippen LogP contribution is 2.28. The zero-order chi connectivity index (χ0) is 30.2. The van der Waals surface area contributed by atoms with Crippen molar-refractivity contribution in [3.05, 3.63) is 87.4 Å². The number of ether oxygens (including phenoxy) is 1. The van der Waals surface area contributed by atoms with E-state index >= 15 is 0 Å². The average Bonchev–Trinajstić information content (AvgIpc) is 2.94. The minimum atomic E-state index is -4.23. The Morgan fingerprint density at radius 1 is 0.927 bits per heavy atom. The number of carbonyl (C=O) groups excluding carboxylic acids is 2. The molecule has 2 amide bonds. The van der Waals surface area contributed by atoms with E-state index in [9.17, 15) is 18.0 Å². The summed E-state index contributed by atoms with van der Waals surface area (Å²) < 4.78 is 34.2. The summed E-state index contributed by atoms with van der Waals surface area (Å²) in [7, 11) is -4.23. The second kappa shape index (κ2) is 14.8. The molecule has 3 aromatic carbocycles. The summed E-state index contributed by atoms with van der Waals surface area (Å²) in [5.41, 5.74) is 0.789. The van der Waals surface area contributed by atoms with E-state index in [0.29, 0.717) is 46.0 Å². The van der Waals surface area contributed by atoms with E-state index in [1.54, 1.807) is 49.4 Å². The fourth-order valence-corrected chi connectivity index (χ4v) is 5.96. The normalized spacial score (nSPS) is 12.0. The van der Waals surface area contributed by atoms with Crippen molar-refractivity contribution in [2.75, 3.05) is 24.0 Å². The van der Waals surface area contributed by atoms with Gasteiger partial charge in [-0.2, -0.15) is 0 Å². The van der Waals surface area contributed by atoms with Gasteiger partial charge < -0.3 is 15.0 Å². The number of rotatable bonds is 13. The summed E-state index contributed by atoms with van der Waals surface area (Å²) in [6, 6.07) is 15.9. The molecule has 0 bridgehead atoms. The highest BCUT2D eigenvalue weighted by Gasteiger charge is 2.32. The standard InChI is InChI=1S/C29H32Cl3N3O5S/c1-4-16-33-29(37)20(3)34(18-21-6-7-23(31)17-27(21)32)28(36)19-35(24-10-12-25(13-11-24)40-5-2)41(38,39)26-14-8-22(30)9-15-26/h6-15,17,20H,4-5,16,18-19H2,1-3H3,(H,33,37)/t20-/m0/s1. The van der Waals surface area contributed by atoms with Crippen LogP contribution in [0.25, 0.3) is 0 Å². The fraction of sp³-hybridized carbons (Fsp3) is 0.310. The Kier molecular flexibility index (Phi) is 11.7. The average molecular weight is 641 g/mol. The first-order valence-corrected chi connectivity index (χ1v) is 15.6. The molecule has 1 atom stereocenters. The Bertz CT molecular complexity index is 1450. The molecular weight excluding hydrogens is 609 g/mol. The van der Waals surface area contributed by atoms with E-state index in [1.165, 1.54) is 29.2 Å². The number of halogens is 3. The molecule has 0 radical (unpaired) electrons. The van der Waals surface area contributed by atoms with E-state index < -0.39 is 28.5 Å². The molecule has 3 aromatic rings. The first-order chi connectivity index (χ1) is 19.5. The van der Waals surface area contributed by atoms with Gasteiger partial charge in [0.25, 0.3) is 10.0 Å². The van der Waals surface area contributed by atoms with Gasteiger partial charge in [-0.3, -0.25) is 13.9 Å². The van der Waals surface area contributed by atoms with Gasteiger partial charge in [-0.25, -0.2) is 8.42 Å². The van der Waals surface area contributed by atoms with E-state index in [2.05, 4.69) is 5.32 Å². The van der Waals surface area contributed by atoms with Crippen LogP contribution in [0.1, 0.15) is 32.8 Å². The lowest BCUT2D eigenvalue weighted by atomic mass is 10.1. The smallest absolute Gasteiger partial charge is 0.264 e. The van der Waals surface area contributed by atoms with E-state index in [4.69, 9.17) is 39.5 Å². The zero-order valence-corrected chi connectivity index (χ0v) is 26.0. The number of hydrogen-bond donors (Lipinski definition) is 1. The Morgan fingerprint density at radius 3 is 2.15 bits per heavy atom. The molecule has 0 unspecified atom stereocenters. The second-order valence-corrected chi connectivity index (χ2v) is 12.3. The van der Waals surface area contributed by atoms with Crippen molar-refractivity contribution in [3.63, 3.8) is 0 Å². The number of amides is 2. The van der Waals surface area contributed by atoms with Crippen molar-refractivity contribution < 1.29 is 22.7 Å². The molecule has 0 aliphatic rings. The van der Waals surface area contributed by atoms with Crippen molar-refractivity contribution in [1.82, 2.24) is 10.2 Å². The number of hydrogen-bond acceptors (Lipinski definition) is 5. The minimum absolute atomic E-state index is 0.0480. The van der Waals surface area contributed by atoms with E-state index in [0.717, 1.165) is 4.31 Å². The summed E-state index contributed by atoms with van der Waals surface area (Å²) >= 11 is 18.4. The van der Waals surface area contributed by atoms with Crippen molar-refractivity contribution in [2.45, 2.75) is 44.7 Å². The molecule has 1 N–H and O–H groups in total. The van der Waals surface area contributed by atoms with Crippen LogP contribution in [0.15, 0.2) is 71.6 Å². The molecule has 220 valence electrons. The maximum Gasteiger partial charge on any atom is 0.264 e. The molecule has 8 nitrogen and oxygen atoms in total. The van der Waals surface area contributed by atoms with Crippen LogP contribution in [0.5, 0.6) is 5.75 Å². The number of anilines is 1. The van der Waals surface area contributed by atoms with Crippen LogP contribution < -0.4 is 14.4 Å². The predicted octanol–water partition coefficient (Wildman–Crippen LogP) is 6.18. The third-order valence-electron chi connectivity index (χ3n) is 6.19. The van der Waals surface area contributed by atoms with Gasteiger partial charge in [0.1, 0.15) is 18.3 Å². The van der Waals surface area contributed by atoms with Crippen LogP contribution >= 0.6 is 34.8 Å². The van der Waals surface area contributed by atoms with Crippen molar-refractivity contribution in [3.8, 4) is 5.75 Å². The molecule has 0 saturated carbocycles. The monoisotopic (exact) mass is 639 g/mol. The Labute approximate surface area is 256 Å². The van der Waals surface area contributed by atoms with E-state index in [-0.39, 0.29) is 23.0 Å². The Hall–Kier alpha value is -2.98. The zero-order valence-electron chi connectivity index (χ0n) is 22.9. The van der Waals surface area contributed by atoms with Crippen molar-refractivity contribution in [2.24, 2.45) is 0 Å². The lowest BCUT2D eigenvalue weighted by Crippen LogP contribution is -2.51. The predicted molar refractivity (Wildman–Crippen MR) is 163 cm³/mol. The van der Waals surface area contributed by atoms with Crippen molar-refractivity contribution in [1.29, 1.82) is 0 Å². The number of nitrogens with zero attached hydrogens (tertiary/aromatic N) is 2. The summed E-state index contributed by atoms with van der Waals surface area (Å²) in [4.78, 5) is 28.2. The maximum atomic E-state index is 14.0. The summed E-state index contributed by atoms with van der Waals surface area (Å²) in [6.07, 6.45) is 0.709. The first-order valence-electron chi connectivity index (χ1n) is 13.0. The van der Waals surface area contributed by atoms with Crippen LogP contribution in [0.2, 0.25) is 15.1 Å². The second-order valence-electron chi connectivity index (χ2n) is 9.12. The van der Waals surface area contributed by atoms with Gasteiger partial charge in [-0.05, 0) is 86.5 Å². The van der Waals surface area contributed by atoms with Crippen LogP contribution in [-0.2, 0) is 26.2 Å². The molecule has 3 rings (SSSR count). The van der Waals surface area contributed by atoms with Crippen LogP contribution in [-0.4, -0.2) is 50.9 Å². The van der Waals surface area contributed by atoms with Gasteiger partial charge in [0.15, 0.2) is 0 Å².